The van der Waals surface area contributed by atoms with Gasteiger partial charge in [0.25, 0.3) is 0 Å². The molecule has 0 saturated heterocycles. The van der Waals surface area contributed by atoms with E-state index in [1.807, 2.05) is 0 Å². The topological polar surface area (TPSA) is 49.8 Å². The molecule has 0 aliphatic heterocycles. The van der Waals surface area contributed by atoms with E-state index in [4.69, 9.17) is 4.74 Å². The predicted octanol–water partition coefficient (Wildman–Crippen LogP) is 4.14. The number of hydrogen-bond donors (Lipinski definition) is 1. The van der Waals surface area contributed by atoms with Gasteiger partial charge in [0.05, 0.1) is 6.04 Å². The third-order valence-corrected chi connectivity index (χ3v) is 3.92. The van der Waals surface area contributed by atoms with E-state index >= 15 is 0 Å². The number of carbonyl (C=O) groups excluding carboxylic acids is 1. The van der Waals surface area contributed by atoms with Gasteiger partial charge in [0.1, 0.15) is 6.61 Å². The fraction of sp³-hybridized carbons (Fsp3) is 0.316. The van der Waals surface area contributed by atoms with Gasteiger partial charge in [0, 0.05) is 6.54 Å². The Morgan fingerprint density at radius 2 is 1.54 bits per heavy atom. The number of halogens is 3. The van der Waals surface area contributed by atoms with Gasteiger partial charge in [-0.15, -0.1) is 0 Å². The average molecular weight is 367 g/mol. The van der Waals surface area contributed by atoms with Crippen molar-refractivity contribution < 1.29 is 27.8 Å². The number of hydrogen-bond acceptors (Lipinski definition) is 3. The SMILES string of the molecule is CC(C(O)C(F)(F)F)N(Cc1ccccc1)C(=O)OCc1ccccc1. The number of benzene rings is 2. The number of rotatable bonds is 6. The number of aliphatic hydroxyl groups is 1. The van der Waals surface area contributed by atoms with Crippen LogP contribution in [0, 0.1) is 0 Å². The highest BCUT2D eigenvalue weighted by molar-refractivity contribution is 5.68. The lowest BCUT2D eigenvalue weighted by Crippen LogP contribution is -2.50. The van der Waals surface area contributed by atoms with Crippen LogP contribution in [0.15, 0.2) is 60.7 Å². The van der Waals surface area contributed by atoms with Crippen molar-refractivity contribution in [2.24, 2.45) is 0 Å². The number of carbonyl (C=O) groups is 1. The highest BCUT2D eigenvalue weighted by atomic mass is 19.4. The minimum atomic E-state index is -4.84. The lowest BCUT2D eigenvalue weighted by atomic mass is 10.1. The van der Waals surface area contributed by atoms with Gasteiger partial charge < -0.3 is 9.84 Å². The molecule has 2 rings (SSSR count). The third kappa shape index (κ3) is 5.49. The molecule has 140 valence electrons. The van der Waals surface area contributed by atoms with E-state index in [1.165, 1.54) is 0 Å². The van der Waals surface area contributed by atoms with Gasteiger partial charge in [-0.3, -0.25) is 4.90 Å². The van der Waals surface area contributed by atoms with Crippen LogP contribution in [0.25, 0.3) is 0 Å². The Kier molecular flexibility index (Phi) is 6.63. The summed E-state index contributed by atoms with van der Waals surface area (Å²) in [6.45, 7) is 0.966. The minimum Gasteiger partial charge on any atom is -0.445 e. The Morgan fingerprint density at radius 3 is 2.04 bits per heavy atom. The molecular formula is C19H20F3NO3. The smallest absolute Gasteiger partial charge is 0.416 e. The lowest BCUT2D eigenvalue weighted by molar-refractivity contribution is -0.218. The van der Waals surface area contributed by atoms with Crippen LogP contribution < -0.4 is 0 Å². The van der Waals surface area contributed by atoms with E-state index < -0.39 is 24.4 Å². The van der Waals surface area contributed by atoms with Gasteiger partial charge in [0.2, 0.25) is 0 Å². The van der Waals surface area contributed by atoms with Crippen molar-refractivity contribution in [2.45, 2.75) is 38.4 Å². The molecule has 0 bridgehead atoms. The Balaban J connectivity index is 2.14. The maximum atomic E-state index is 12.9. The lowest BCUT2D eigenvalue weighted by Gasteiger charge is -2.32. The highest BCUT2D eigenvalue weighted by Gasteiger charge is 2.45. The molecule has 7 heteroatoms. The van der Waals surface area contributed by atoms with Crippen LogP contribution in [0.1, 0.15) is 18.1 Å². The normalized spacial score (nSPS) is 13.7. The van der Waals surface area contributed by atoms with E-state index in [1.54, 1.807) is 60.7 Å². The summed E-state index contributed by atoms with van der Waals surface area (Å²) in [5.41, 5.74) is 1.34. The summed E-state index contributed by atoms with van der Waals surface area (Å²) < 4.78 is 43.8. The first-order valence-corrected chi connectivity index (χ1v) is 8.05. The number of amides is 1. The number of nitrogens with zero attached hydrogens (tertiary/aromatic N) is 1. The second kappa shape index (κ2) is 8.71. The standard InChI is InChI=1S/C19H20F3NO3/c1-14(17(24)19(20,21)22)23(12-15-8-4-2-5-9-15)18(25)26-13-16-10-6-3-7-11-16/h2-11,14,17,24H,12-13H2,1H3. The fourth-order valence-corrected chi connectivity index (χ4v) is 2.40. The summed E-state index contributed by atoms with van der Waals surface area (Å²) in [6.07, 6.45) is -8.43. The molecule has 0 heterocycles. The molecule has 1 amide bonds. The molecule has 2 aromatic rings. The molecule has 0 saturated carbocycles. The molecule has 2 atom stereocenters. The van der Waals surface area contributed by atoms with Crippen LogP contribution in [0.2, 0.25) is 0 Å². The Bertz CT molecular complexity index is 692. The maximum absolute atomic E-state index is 12.9. The zero-order valence-electron chi connectivity index (χ0n) is 14.2. The summed E-state index contributed by atoms with van der Waals surface area (Å²) in [6, 6.07) is 15.9. The molecule has 0 aliphatic rings. The van der Waals surface area contributed by atoms with Crippen molar-refractivity contribution in [3.05, 3.63) is 71.8 Å². The maximum Gasteiger partial charge on any atom is 0.416 e. The van der Waals surface area contributed by atoms with Gasteiger partial charge in [-0.2, -0.15) is 13.2 Å². The summed E-state index contributed by atoms with van der Waals surface area (Å²) in [5, 5.41) is 9.56. The average Bonchev–Trinajstić information content (AvgIpc) is 2.64. The first-order valence-electron chi connectivity index (χ1n) is 8.05. The number of aliphatic hydroxyl groups excluding tert-OH is 1. The van der Waals surface area contributed by atoms with Crippen LogP contribution in [-0.4, -0.2) is 34.4 Å². The van der Waals surface area contributed by atoms with Gasteiger partial charge in [-0.1, -0.05) is 60.7 Å². The van der Waals surface area contributed by atoms with Crippen LogP contribution in [-0.2, 0) is 17.9 Å². The summed E-state index contributed by atoms with van der Waals surface area (Å²) in [5.74, 6) is 0. The van der Waals surface area contributed by atoms with Crippen molar-refractivity contribution in [1.82, 2.24) is 4.90 Å². The summed E-state index contributed by atoms with van der Waals surface area (Å²) >= 11 is 0. The quantitative estimate of drug-likeness (QED) is 0.835. The Hall–Kier alpha value is -2.54. The van der Waals surface area contributed by atoms with Gasteiger partial charge in [-0.05, 0) is 18.1 Å². The molecule has 0 fully saturated rings. The van der Waals surface area contributed by atoms with Gasteiger partial charge in [0.15, 0.2) is 6.10 Å². The molecule has 26 heavy (non-hydrogen) atoms. The molecular weight excluding hydrogens is 347 g/mol. The predicted molar refractivity (Wildman–Crippen MR) is 90.1 cm³/mol. The van der Waals surface area contributed by atoms with Crippen LogP contribution in [0.3, 0.4) is 0 Å². The first-order chi connectivity index (χ1) is 12.3. The van der Waals surface area contributed by atoms with Crippen molar-refractivity contribution in [3.63, 3.8) is 0 Å². The Morgan fingerprint density at radius 1 is 1.04 bits per heavy atom. The second-order valence-corrected chi connectivity index (χ2v) is 5.88. The highest BCUT2D eigenvalue weighted by Crippen LogP contribution is 2.26. The van der Waals surface area contributed by atoms with Crippen LogP contribution in [0.5, 0.6) is 0 Å². The van der Waals surface area contributed by atoms with Crippen LogP contribution in [0.4, 0.5) is 18.0 Å². The molecule has 0 aliphatic carbocycles. The van der Waals surface area contributed by atoms with E-state index in [2.05, 4.69) is 0 Å². The molecule has 2 unspecified atom stereocenters. The molecule has 0 aromatic heterocycles. The summed E-state index contributed by atoms with van der Waals surface area (Å²) in [7, 11) is 0. The van der Waals surface area contributed by atoms with Gasteiger partial charge >= 0.3 is 12.3 Å². The van der Waals surface area contributed by atoms with E-state index in [0.29, 0.717) is 11.1 Å². The Labute approximate surface area is 149 Å². The minimum absolute atomic E-state index is 0.0696. The zero-order chi connectivity index (χ0) is 19.2. The molecule has 1 N–H and O–H groups in total. The summed E-state index contributed by atoms with van der Waals surface area (Å²) in [4.78, 5) is 13.3. The first kappa shape index (κ1) is 19.8. The molecule has 0 radical (unpaired) electrons. The van der Waals surface area contributed by atoms with Crippen molar-refractivity contribution in [3.8, 4) is 0 Å². The van der Waals surface area contributed by atoms with Crippen molar-refractivity contribution in [2.75, 3.05) is 0 Å². The fourth-order valence-electron chi connectivity index (χ4n) is 2.40. The molecule has 4 nitrogen and oxygen atoms in total. The van der Waals surface area contributed by atoms with E-state index in [9.17, 15) is 23.1 Å². The van der Waals surface area contributed by atoms with E-state index in [0.717, 1.165) is 11.8 Å². The van der Waals surface area contributed by atoms with Gasteiger partial charge in [-0.25, -0.2) is 4.79 Å². The largest absolute Gasteiger partial charge is 0.445 e. The third-order valence-electron chi connectivity index (χ3n) is 3.92. The number of ether oxygens (including phenoxy) is 1. The van der Waals surface area contributed by atoms with Crippen molar-refractivity contribution >= 4 is 6.09 Å². The molecule has 0 spiro atoms. The second-order valence-electron chi connectivity index (χ2n) is 5.88. The zero-order valence-corrected chi connectivity index (χ0v) is 14.2. The monoisotopic (exact) mass is 367 g/mol. The van der Waals surface area contributed by atoms with Crippen LogP contribution >= 0.6 is 0 Å². The number of alkyl halides is 3. The van der Waals surface area contributed by atoms with E-state index in [-0.39, 0.29) is 13.2 Å². The van der Waals surface area contributed by atoms with Crippen molar-refractivity contribution in [1.29, 1.82) is 0 Å². The molecule has 2 aromatic carbocycles.